The third-order valence-corrected chi connectivity index (χ3v) is 1.88. The fraction of sp³-hybridized carbons (Fsp3) is 0.538. The molecule has 0 aliphatic carbocycles. The molecule has 1 N–H and O–H groups in total. The second kappa shape index (κ2) is 8.61. The van der Waals surface area contributed by atoms with Crippen molar-refractivity contribution in [2.45, 2.75) is 40.5 Å². The third-order valence-electron chi connectivity index (χ3n) is 1.88. The van der Waals surface area contributed by atoms with E-state index < -0.39 is 0 Å². The van der Waals surface area contributed by atoms with Crippen LogP contribution in [0.5, 0.6) is 0 Å². The van der Waals surface area contributed by atoms with E-state index in [0.717, 1.165) is 6.54 Å². The maximum absolute atomic E-state index is 3.39. The number of nitrogens with one attached hydrogen (secondary N) is 1. The summed E-state index contributed by atoms with van der Waals surface area (Å²) >= 11 is 0. The number of unbranched alkanes of at least 4 members (excludes halogenated alkanes) is 1. The molecule has 0 aliphatic heterocycles. The molecule has 0 heterocycles. The standard InChI is InChI=1S/C11H17N.C2H6/c1-3-4-8-12-11-7-5-6-10(2)9-11;1-2/h5-7,9,12H,3-4,8H2,1-2H3;1-2H3. The maximum atomic E-state index is 3.39. The van der Waals surface area contributed by atoms with Gasteiger partial charge in [-0.15, -0.1) is 0 Å². The fourth-order valence-electron chi connectivity index (χ4n) is 1.16. The van der Waals surface area contributed by atoms with Gasteiger partial charge in [0.25, 0.3) is 0 Å². The molecule has 0 unspecified atom stereocenters. The van der Waals surface area contributed by atoms with Gasteiger partial charge in [-0.25, -0.2) is 0 Å². The minimum atomic E-state index is 1.08. The molecule has 0 radical (unpaired) electrons. The van der Waals surface area contributed by atoms with Crippen molar-refractivity contribution in [3.8, 4) is 0 Å². The molecular weight excluding hydrogens is 170 g/mol. The Hall–Kier alpha value is -0.980. The summed E-state index contributed by atoms with van der Waals surface area (Å²) in [5.74, 6) is 0. The van der Waals surface area contributed by atoms with Gasteiger partial charge in [0, 0.05) is 12.2 Å². The Morgan fingerprint density at radius 3 is 2.50 bits per heavy atom. The van der Waals surface area contributed by atoms with Gasteiger partial charge >= 0.3 is 0 Å². The Kier molecular flexibility index (Phi) is 8.01. The summed E-state index contributed by atoms with van der Waals surface area (Å²) in [5, 5.41) is 3.39. The molecular formula is C13H23N. The fourth-order valence-corrected chi connectivity index (χ4v) is 1.16. The van der Waals surface area contributed by atoms with E-state index in [4.69, 9.17) is 0 Å². The second-order valence-electron chi connectivity index (χ2n) is 3.15. The number of hydrogen-bond acceptors (Lipinski definition) is 1. The number of rotatable bonds is 4. The Morgan fingerprint density at radius 1 is 1.21 bits per heavy atom. The lowest BCUT2D eigenvalue weighted by Gasteiger charge is -2.05. The summed E-state index contributed by atoms with van der Waals surface area (Å²) in [5.41, 5.74) is 2.56. The predicted molar refractivity (Wildman–Crippen MR) is 65.9 cm³/mol. The third kappa shape index (κ3) is 5.63. The predicted octanol–water partition coefficient (Wildman–Crippen LogP) is 4.23. The SMILES string of the molecule is CC.CCCCNc1cccc(C)c1. The van der Waals surface area contributed by atoms with Crippen molar-refractivity contribution < 1.29 is 0 Å². The molecule has 1 rings (SSSR count). The first-order chi connectivity index (χ1) is 6.83. The molecule has 0 amide bonds. The van der Waals surface area contributed by atoms with Crippen molar-refractivity contribution in [3.63, 3.8) is 0 Å². The Bertz CT molecular complexity index is 230. The van der Waals surface area contributed by atoms with E-state index in [0.29, 0.717) is 0 Å². The first kappa shape index (κ1) is 13.0. The largest absolute Gasteiger partial charge is 0.385 e. The van der Waals surface area contributed by atoms with Crippen LogP contribution in [0.3, 0.4) is 0 Å². The normalized spacial score (nSPS) is 8.86. The molecule has 1 aromatic rings. The van der Waals surface area contributed by atoms with Crippen LogP contribution in [-0.4, -0.2) is 6.54 Å². The van der Waals surface area contributed by atoms with Crippen LogP contribution in [0.25, 0.3) is 0 Å². The zero-order valence-corrected chi connectivity index (χ0v) is 9.93. The Morgan fingerprint density at radius 2 is 1.93 bits per heavy atom. The second-order valence-corrected chi connectivity index (χ2v) is 3.15. The number of aryl methyl sites for hydroxylation is 1. The molecule has 0 spiro atoms. The minimum Gasteiger partial charge on any atom is -0.385 e. The van der Waals surface area contributed by atoms with Crippen molar-refractivity contribution in [1.29, 1.82) is 0 Å². The van der Waals surface area contributed by atoms with Gasteiger partial charge < -0.3 is 5.32 Å². The van der Waals surface area contributed by atoms with Crippen LogP contribution in [0.15, 0.2) is 24.3 Å². The average molecular weight is 193 g/mol. The van der Waals surface area contributed by atoms with Gasteiger partial charge in [0.1, 0.15) is 0 Å². The molecule has 1 nitrogen and oxygen atoms in total. The average Bonchev–Trinajstić information content (AvgIpc) is 2.21. The molecule has 0 atom stereocenters. The van der Waals surface area contributed by atoms with Gasteiger partial charge in [-0.05, 0) is 31.0 Å². The topological polar surface area (TPSA) is 12.0 Å². The van der Waals surface area contributed by atoms with E-state index >= 15 is 0 Å². The molecule has 0 aliphatic rings. The monoisotopic (exact) mass is 193 g/mol. The molecule has 0 bridgehead atoms. The van der Waals surface area contributed by atoms with Crippen LogP contribution in [0.2, 0.25) is 0 Å². The van der Waals surface area contributed by atoms with Crippen LogP contribution < -0.4 is 5.32 Å². The van der Waals surface area contributed by atoms with E-state index in [9.17, 15) is 0 Å². The highest BCUT2D eigenvalue weighted by atomic mass is 14.9. The summed E-state index contributed by atoms with van der Waals surface area (Å²) in [6.07, 6.45) is 2.49. The zero-order chi connectivity index (χ0) is 10.8. The zero-order valence-electron chi connectivity index (χ0n) is 9.93. The Labute approximate surface area is 88.5 Å². The summed E-state index contributed by atoms with van der Waals surface area (Å²) in [4.78, 5) is 0. The smallest absolute Gasteiger partial charge is 0.0342 e. The summed E-state index contributed by atoms with van der Waals surface area (Å²) in [6, 6.07) is 8.49. The van der Waals surface area contributed by atoms with Crippen LogP contribution in [0.1, 0.15) is 39.2 Å². The lowest BCUT2D eigenvalue weighted by Crippen LogP contribution is -2.00. The van der Waals surface area contributed by atoms with Crippen LogP contribution >= 0.6 is 0 Å². The quantitative estimate of drug-likeness (QED) is 0.705. The van der Waals surface area contributed by atoms with Crippen molar-refractivity contribution in [2.24, 2.45) is 0 Å². The highest BCUT2D eigenvalue weighted by Crippen LogP contribution is 2.09. The van der Waals surface area contributed by atoms with E-state index in [-0.39, 0.29) is 0 Å². The van der Waals surface area contributed by atoms with E-state index in [1.165, 1.54) is 24.1 Å². The molecule has 0 fully saturated rings. The lowest BCUT2D eigenvalue weighted by atomic mass is 10.2. The molecule has 1 aromatic carbocycles. The van der Waals surface area contributed by atoms with E-state index in [2.05, 4.69) is 43.4 Å². The molecule has 1 heteroatoms. The number of hydrogen-bond donors (Lipinski definition) is 1. The van der Waals surface area contributed by atoms with Crippen molar-refractivity contribution in [1.82, 2.24) is 0 Å². The molecule has 80 valence electrons. The molecule has 0 saturated carbocycles. The van der Waals surface area contributed by atoms with Gasteiger partial charge in [-0.1, -0.05) is 39.3 Å². The van der Waals surface area contributed by atoms with Crippen molar-refractivity contribution in [2.75, 3.05) is 11.9 Å². The van der Waals surface area contributed by atoms with E-state index in [1.807, 2.05) is 13.8 Å². The van der Waals surface area contributed by atoms with Crippen LogP contribution in [-0.2, 0) is 0 Å². The van der Waals surface area contributed by atoms with Crippen molar-refractivity contribution >= 4 is 5.69 Å². The minimum absolute atomic E-state index is 1.08. The van der Waals surface area contributed by atoms with Crippen molar-refractivity contribution in [3.05, 3.63) is 29.8 Å². The highest BCUT2D eigenvalue weighted by Gasteiger charge is 1.89. The number of benzene rings is 1. The van der Waals surface area contributed by atoms with E-state index in [1.54, 1.807) is 0 Å². The van der Waals surface area contributed by atoms with Gasteiger partial charge in [-0.3, -0.25) is 0 Å². The first-order valence-corrected chi connectivity index (χ1v) is 5.63. The lowest BCUT2D eigenvalue weighted by molar-refractivity contribution is 0.834. The summed E-state index contributed by atoms with van der Waals surface area (Å²) < 4.78 is 0. The Balaban J connectivity index is 0.000000791. The maximum Gasteiger partial charge on any atom is 0.0342 e. The number of anilines is 1. The summed E-state index contributed by atoms with van der Waals surface area (Å²) in [6.45, 7) is 9.41. The first-order valence-electron chi connectivity index (χ1n) is 5.63. The highest BCUT2D eigenvalue weighted by molar-refractivity contribution is 5.45. The van der Waals surface area contributed by atoms with Gasteiger partial charge in [0.2, 0.25) is 0 Å². The molecule has 0 saturated heterocycles. The van der Waals surface area contributed by atoms with Crippen LogP contribution in [0.4, 0.5) is 5.69 Å². The molecule has 0 aromatic heterocycles. The van der Waals surface area contributed by atoms with Gasteiger partial charge in [-0.2, -0.15) is 0 Å². The van der Waals surface area contributed by atoms with Crippen LogP contribution in [0, 0.1) is 6.92 Å². The van der Waals surface area contributed by atoms with Gasteiger partial charge in [0.05, 0.1) is 0 Å². The molecule has 14 heavy (non-hydrogen) atoms. The van der Waals surface area contributed by atoms with Gasteiger partial charge in [0.15, 0.2) is 0 Å². The summed E-state index contributed by atoms with van der Waals surface area (Å²) in [7, 11) is 0.